The summed E-state index contributed by atoms with van der Waals surface area (Å²) in [6.45, 7) is 4.78. The Labute approximate surface area is 194 Å². The Kier molecular flexibility index (Phi) is 6.87. The van der Waals surface area contributed by atoms with Crippen LogP contribution in [0.2, 0.25) is 0 Å². The molecule has 0 saturated heterocycles. The molecule has 1 N–H and O–H groups in total. The second kappa shape index (κ2) is 9.98. The van der Waals surface area contributed by atoms with Crippen molar-refractivity contribution >= 4 is 11.8 Å². The molecule has 7 heteroatoms. The van der Waals surface area contributed by atoms with Crippen LogP contribution in [0.15, 0.2) is 53.1 Å². The normalized spacial score (nSPS) is 13.2. The van der Waals surface area contributed by atoms with Gasteiger partial charge in [0, 0.05) is 43.6 Å². The van der Waals surface area contributed by atoms with Gasteiger partial charge in [-0.1, -0.05) is 55.4 Å². The molecular formula is C26H30N4O3. The molecule has 1 aliphatic carbocycles. The van der Waals surface area contributed by atoms with Gasteiger partial charge >= 0.3 is 0 Å². The van der Waals surface area contributed by atoms with E-state index in [1.807, 2.05) is 24.3 Å². The summed E-state index contributed by atoms with van der Waals surface area (Å²) in [7, 11) is 1.77. The number of hydrogen-bond acceptors (Lipinski definition) is 5. The number of amides is 2. The Balaban J connectivity index is 1.26. The van der Waals surface area contributed by atoms with Crippen LogP contribution < -0.4 is 5.32 Å². The molecule has 1 aliphatic rings. The molecule has 1 aromatic heterocycles. The average molecular weight is 447 g/mol. The fourth-order valence-electron chi connectivity index (χ4n) is 3.52. The van der Waals surface area contributed by atoms with E-state index in [2.05, 4.69) is 41.4 Å². The highest BCUT2D eigenvalue weighted by molar-refractivity contribution is 5.94. The van der Waals surface area contributed by atoms with Gasteiger partial charge in [-0.15, -0.1) is 0 Å². The maximum atomic E-state index is 12.6. The minimum Gasteiger partial charge on any atom is -0.349 e. The van der Waals surface area contributed by atoms with Crippen LogP contribution in [-0.2, 0) is 17.8 Å². The summed E-state index contributed by atoms with van der Waals surface area (Å²) in [5, 5.41) is 7.03. The highest BCUT2D eigenvalue weighted by atomic mass is 16.5. The molecule has 1 saturated carbocycles. The van der Waals surface area contributed by atoms with Gasteiger partial charge in [0.25, 0.3) is 5.91 Å². The zero-order chi connectivity index (χ0) is 23.4. The molecule has 1 fully saturated rings. The van der Waals surface area contributed by atoms with Gasteiger partial charge in [0.1, 0.15) is 0 Å². The van der Waals surface area contributed by atoms with Gasteiger partial charge in [-0.25, -0.2) is 0 Å². The monoisotopic (exact) mass is 446 g/mol. The Bertz CT molecular complexity index is 1100. The quantitative estimate of drug-likeness (QED) is 0.528. The summed E-state index contributed by atoms with van der Waals surface area (Å²) >= 11 is 0. The Hall–Kier alpha value is -3.48. The van der Waals surface area contributed by atoms with Crippen LogP contribution in [0.4, 0.5) is 0 Å². The highest BCUT2D eigenvalue weighted by Crippen LogP contribution is 2.21. The van der Waals surface area contributed by atoms with Crippen molar-refractivity contribution in [2.75, 3.05) is 7.05 Å². The SMILES string of the molecule is CC(C)c1ccc(-c2noc(CCC(=O)N(C)Cc3ccc(C(=O)NC4CC4)cc3)n2)cc1. The molecule has 1 heterocycles. The first-order valence-corrected chi connectivity index (χ1v) is 11.5. The van der Waals surface area contributed by atoms with E-state index in [0.29, 0.717) is 42.2 Å². The Morgan fingerprint density at radius 1 is 1.09 bits per heavy atom. The zero-order valence-electron chi connectivity index (χ0n) is 19.4. The van der Waals surface area contributed by atoms with Crippen molar-refractivity contribution in [3.8, 4) is 11.4 Å². The summed E-state index contributed by atoms with van der Waals surface area (Å²) in [4.78, 5) is 30.8. The molecule has 172 valence electrons. The van der Waals surface area contributed by atoms with Gasteiger partial charge in [-0.05, 0) is 42.0 Å². The van der Waals surface area contributed by atoms with E-state index >= 15 is 0 Å². The largest absolute Gasteiger partial charge is 0.349 e. The van der Waals surface area contributed by atoms with Gasteiger partial charge in [-0.3, -0.25) is 9.59 Å². The van der Waals surface area contributed by atoms with Crippen molar-refractivity contribution in [2.24, 2.45) is 0 Å². The molecule has 0 unspecified atom stereocenters. The van der Waals surface area contributed by atoms with E-state index in [4.69, 9.17) is 4.52 Å². The topological polar surface area (TPSA) is 88.3 Å². The summed E-state index contributed by atoms with van der Waals surface area (Å²) in [5.74, 6) is 1.40. The molecular weight excluding hydrogens is 416 g/mol. The van der Waals surface area contributed by atoms with Crippen molar-refractivity contribution < 1.29 is 14.1 Å². The van der Waals surface area contributed by atoms with Crippen LogP contribution in [0.3, 0.4) is 0 Å². The maximum Gasteiger partial charge on any atom is 0.251 e. The van der Waals surface area contributed by atoms with Gasteiger partial charge < -0.3 is 14.7 Å². The van der Waals surface area contributed by atoms with Gasteiger partial charge in [0.2, 0.25) is 17.6 Å². The lowest BCUT2D eigenvalue weighted by molar-refractivity contribution is -0.130. The second-order valence-electron chi connectivity index (χ2n) is 8.98. The number of nitrogens with one attached hydrogen (secondary N) is 1. The van der Waals surface area contributed by atoms with Crippen molar-refractivity contribution in [1.82, 2.24) is 20.4 Å². The lowest BCUT2D eigenvalue weighted by atomic mass is 10.0. The molecule has 4 rings (SSSR count). The first kappa shape index (κ1) is 22.7. The molecule has 0 bridgehead atoms. The van der Waals surface area contributed by atoms with Gasteiger partial charge in [0.05, 0.1) is 0 Å². The first-order chi connectivity index (χ1) is 15.9. The van der Waals surface area contributed by atoms with E-state index in [-0.39, 0.29) is 18.2 Å². The predicted molar refractivity (Wildman–Crippen MR) is 126 cm³/mol. The second-order valence-corrected chi connectivity index (χ2v) is 8.98. The third kappa shape index (κ3) is 6.06. The molecule has 2 amide bonds. The first-order valence-electron chi connectivity index (χ1n) is 11.5. The van der Waals surface area contributed by atoms with E-state index in [1.165, 1.54) is 5.56 Å². The van der Waals surface area contributed by atoms with Crippen molar-refractivity contribution in [2.45, 2.75) is 58.0 Å². The minimum atomic E-state index is -0.0386. The molecule has 0 radical (unpaired) electrons. The Morgan fingerprint density at radius 2 is 1.79 bits per heavy atom. The van der Waals surface area contributed by atoms with Crippen LogP contribution in [0.5, 0.6) is 0 Å². The number of aryl methyl sites for hydroxylation is 1. The molecule has 33 heavy (non-hydrogen) atoms. The average Bonchev–Trinajstić information content (AvgIpc) is 3.50. The number of rotatable bonds is 9. The van der Waals surface area contributed by atoms with Crippen LogP contribution in [0.1, 0.15) is 66.4 Å². The van der Waals surface area contributed by atoms with Crippen LogP contribution in [0.25, 0.3) is 11.4 Å². The van der Waals surface area contributed by atoms with E-state index in [9.17, 15) is 9.59 Å². The van der Waals surface area contributed by atoms with E-state index in [0.717, 1.165) is 24.0 Å². The number of carbonyl (C=O) groups excluding carboxylic acids is 2. The smallest absolute Gasteiger partial charge is 0.251 e. The summed E-state index contributed by atoms with van der Waals surface area (Å²) in [6.07, 6.45) is 2.80. The van der Waals surface area contributed by atoms with Crippen LogP contribution in [0, 0.1) is 0 Å². The summed E-state index contributed by atoms with van der Waals surface area (Å²) in [6, 6.07) is 15.8. The van der Waals surface area contributed by atoms with E-state index in [1.54, 1.807) is 24.1 Å². The zero-order valence-corrected chi connectivity index (χ0v) is 19.4. The number of aromatic nitrogens is 2. The molecule has 0 aliphatic heterocycles. The number of carbonyl (C=O) groups is 2. The maximum absolute atomic E-state index is 12.6. The molecule has 2 aromatic carbocycles. The fourth-order valence-corrected chi connectivity index (χ4v) is 3.52. The number of nitrogens with zero attached hydrogens (tertiary/aromatic N) is 3. The number of hydrogen-bond donors (Lipinski definition) is 1. The van der Waals surface area contributed by atoms with Crippen molar-refractivity contribution in [3.05, 3.63) is 71.1 Å². The predicted octanol–water partition coefficient (Wildman–Crippen LogP) is 4.34. The summed E-state index contributed by atoms with van der Waals surface area (Å²) in [5.41, 5.74) is 3.77. The molecule has 7 nitrogen and oxygen atoms in total. The highest BCUT2D eigenvalue weighted by Gasteiger charge is 2.23. The minimum absolute atomic E-state index is 0.00779. The standard InChI is InChI=1S/C26H30N4O3/c1-17(2)19-8-10-20(11-9-19)25-28-23(33-29-25)14-15-24(31)30(3)16-18-4-6-21(7-5-18)26(32)27-22-12-13-22/h4-11,17,22H,12-16H2,1-3H3,(H,27,32). The molecule has 0 spiro atoms. The third-order valence-corrected chi connectivity index (χ3v) is 5.83. The third-order valence-electron chi connectivity index (χ3n) is 5.83. The fraction of sp³-hybridized carbons (Fsp3) is 0.385. The van der Waals surface area contributed by atoms with Gasteiger partial charge in [0.15, 0.2) is 0 Å². The number of benzene rings is 2. The lowest BCUT2D eigenvalue weighted by Crippen LogP contribution is -2.27. The Morgan fingerprint density at radius 3 is 2.42 bits per heavy atom. The molecule has 0 atom stereocenters. The van der Waals surface area contributed by atoms with Crippen LogP contribution in [-0.4, -0.2) is 39.9 Å². The lowest BCUT2D eigenvalue weighted by Gasteiger charge is -2.17. The van der Waals surface area contributed by atoms with Crippen molar-refractivity contribution in [1.29, 1.82) is 0 Å². The van der Waals surface area contributed by atoms with Crippen LogP contribution >= 0.6 is 0 Å². The molecule has 3 aromatic rings. The van der Waals surface area contributed by atoms with E-state index < -0.39 is 0 Å². The van der Waals surface area contributed by atoms with Gasteiger partial charge in [-0.2, -0.15) is 4.98 Å². The summed E-state index contributed by atoms with van der Waals surface area (Å²) < 4.78 is 5.34. The van der Waals surface area contributed by atoms with Crippen molar-refractivity contribution in [3.63, 3.8) is 0 Å².